The molecule has 0 aliphatic heterocycles. The molecule has 0 unspecified atom stereocenters. The molecular weight excluding hydrogens is 412 g/mol. The number of rotatable bonds is 3. The maximum Gasteiger partial charge on any atom is 0.212 e. The Kier molecular flexibility index (Phi) is 4.08. The third kappa shape index (κ3) is 3.31. The molecule has 0 atom stereocenters. The van der Waals surface area contributed by atoms with Gasteiger partial charge in [-0.1, -0.05) is 60.7 Å². The van der Waals surface area contributed by atoms with Crippen molar-refractivity contribution in [3.63, 3.8) is 0 Å². The van der Waals surface area contributed by atoms with Crippen molar-refractivity contribution in [1.29, 1.82) is 0 Å². The van der Waals surface area contributed by atoms with Crippen LogP contribution in [0.25, 0.3) is 49.9 Å². The van der Waals surface area contributed by atoms with Crippen LogP contribution in [0.4, 0.5) is 0 Å². The van der Waals surface area contributed by atoms with E-state index < -0.39 is 6.85 Å². The number of para-hydroxylation sites is 2. The molecule has 4 aromatic carbocycles. The first-order chi connectivity index (χ1) is 17.8. The molecule has 0 saturated carbocycles. The van der Waals surface area contributed by atoms with Gasteiger partial charge in [0.25, 0.3) is 0 Å². The Morgan fingerprint density at radius 3 is 2.26 bits per heavy atom. The highest BCUT2D eigenvalue weighted by Gasteiger charge is 2.16. The average molecular weight is 443 g/mol. The predicted molar refractivity (Wildman–Crippen MR) is 142 cm³/mol. The molecule has 0 radical (unpaired) electrons. The molecule has 2 aromatic heterocycles. The Labute approximate surface area is 204 Å². The van der Waals surface area contributed by atoms with Crippen molar-refractivity contribution in [3.05, 3.63) is 120 Å². The Morgan fingerprint density at radius 2 is 1.44 bits per heavy atom. The zero-order valence-electron chi connectivity index (χ0n) is 22.3. The average Bonchev–Trinajstić information content (AvgIpc) is 3.23. The van der Waals surface area contributed by atoms with Gasteiger partial charge in [0.15, 0.2) is 6.20 Å². The van der Waals surface area contributed by atoms with Gasteiger partial charge in [-0.15, -0.1) is 0 Å². The molecule has 2 nitrogen and oxygen atoms in total. The minimum Gasteiger partial charge on any atom is -0.309 e. The number of hydrogen-bond acceptors (Lipinski definition) is 0. The fourth-order valence-electron chi connectivity index (χ4n) is 4.97. The molecule has 0 fully saturated rings. The Bertz CT molecular complexity index is 1780. The first kappa shape index (κ1) is 17.3. The zero-order chi connectivity index (χ0) is 25.7. The topological polar surface area (TPSA) is 8.81 Å². The van der Waals surface area contributed by atoms with Crippen LogP contribution < -0.4 is 4.57 Å². The van der Waals surface area contributed by atoms with Crippen molar-refractivity contribution in [2.45, 2.75) is 13.8 Å². The van der Waals surface area contributed by atoms with Gasteiger partial charge in [0.2, 0.25) is 5.69 Å². The third-order valence-corrected chi connectivity index (χ3v) is 6.67. The fraction of sp³-hybridized carbons (Fsp3) is 0.0938. The van der Waals surface area contributed by atoms with Crippen LogP contribution in [0.3, 0.4) is 0 Å². The van der Waals surface area contributed by atoms with Crippen LogP contribution >= 0.6 is 0 Å². The van der Waals surface area contributed by atoms with Crippen molar-refractivity contribution in [2.24, 2.45) is 7.05 Å². The lowest BCUT2D eigenvalue weighted by molar-refractivity contribution is -0.660. The first-order valence-corrected chi connectivity index (χ1v) is 11.5. The van der Waals surface area contributed by atoms with Crippen LogP contribution in [0.2, 0.25) is 0 Å². The van der Waals surface area contributed by atoms with E-state index in [4.69, 9.17) is 4.11 Å². The highest BCUT2D eigenvalue weighted by atomic mass is 15.0. The number of benzene rings is 4. The number of aryl methyl sites for hydroxylation is 3. The van der Waals surface area contributed by atoms with Crippen molar-refractivity contribution in [3.8, 4) is 28.1 Å². The molecule has 164 valence electrons. The van der Waals surface area contributed by atoms with Crippen molar-refractivity contribution in [1.82, 2.24) is 4.57 Å². The second-order valence-electron chi connectivity index (χ2n) is 8.86. The summed E-state index contributed by atoms with van der Waals surface area (Å²) in [6.07, 6.45) is 1.71. The lowest BCUT2D eigenvalue weighted by atomic mass is 9.96. The molecule has 2 heteroatoms. The number of nitrogens with zero attached hydrogens (tertiary/aromatic N) is 2. The SMILES string of the molecule is [2H]C([2H])([2H])c1ccc(-c2cc(-c3ccc4c5ccccc5n(-c5ccccc5)c4c3)ccc2C)[n+](C)c1. The number of hydrogen-bond donors (Lipinski definition) is 0. The summed E-state index contributed by atoms with van der Waals surface area (Å²) in [5.74, 6) is 0. The molecule has 2 heterocycles. The van der Waals surface area contributed by atoms with Gasteiger partial charge in [0, 0.05) is 37.8 Å². The van der Waals surface area contributed by atoms with Crippen molar-refractivity contribution < 1.29 is 8.68 Å². The number of fused-ring (bicyclic) bond motifs is 3. The van der Waals surface area contributed by atoms with Gasteiger partial charge in [0.05, 0.1) is 11.0 Å². The molecule has 34 heavy (non-hydrogen) atoms. The van der Waals surface area contributed by atoms with E-state index in [1.54, 1.807) is 12.3 Å². The van der Waals surface area contributed by atoms with Crippen molar-refractivity contribution in [2.75, 3.05) is 0 Å². The fourth-order valence-corrected chi connectivity index (χ4v) is 4.97. The van der Waals surface area contributed by atoms with Gasteiger partial charge in [-0.25, -0.2) is 4.57 Å². The van der Waals surface area contributed by atoms with Crippen molar-refractivity contribution >= 4 is 21.8 Å². The van der Waals surface area contributed by atoms with E-state index >= 15 is 0 Å². The molecule has 6 aromatic rings. The molecular formula is C32H27N2+. The van der Waals surface area contributed by atoms with Crippen LogP contribution in [0, 0.1) is 13.8 Å². The molecule has 0 aliphatic rings. The van der Waals surface area contributed by atoms with Gasteiger partial charge in [-0.3, -0.25) is 0 Å². The van der Waals surface area contributed by atoms with Crippen LogP contribution in [0.5, 0.6) is 0 Å². The van der Waals surface area contributed by atoms with Gasteiger partial charge >= 0.3 is 0 Å². The quantitative estimate of drug-likeness (QED) is 0.250. The summed E-state index contributed by atoms with van der Waals surface area (Å²) in [6.45, 7) is -0.0347. The minimum absolute atomic E-state index is 0.340. The van der Waals surface area contributed by atoms with Crippen LogP contribution in [-0.4, -0.2) is 4.57 Å². The summed E-state index contributed by atoms with van der Waals surface area (Å²) < 4.78 is 27.4. The van der Waals surface area contributed by atoms with Gasteiger partial charge in [0.1, 0.15) is 7.05 Å². The van der Waals surface area contributed by atoms with E-state index in [1.165, 1.54) is 21.8 Å². The van der Waals surface area contributed by atoms with E-state index in [9.17, 15) is 0 Å². The smallest absolute Gasteiger partial charge is 0.212 e. The molecule has 0 bridgehead atoms. The van der Waals surface area contributed by atoms with E-state index in [-0.39, 0.29) is 0 Å². The van der Waals surface area contributed by atoms with Gasteiger partial charge in [-0.2, -0.15) is 0 Å². The molecule has 0 spiro atoms. The van der Waals surface area contributed by atoms with Gasteiger partial charge < -0.3 is 4.57 Å². The monoisotopic (exact) mass is 442 g/mol. The number of aromatic nitrogens is 2. The lowest BCUT2D eigenvalue weighted by Gasteiger charge is -2.11. The third-order valence-electron chi connectivity index (χ3n) is 6.67. The van der Waals surface area contributed by atoms with Gasteiger partial charge in [-0.05, 0) is 66.9 Å². The summed E-state index contributed by atoms with van der Waals surface area (Å²) in [6, 6.07) is 35.8. The van der Waals surface area contributed by atoms with E-state index in [0.717, 1.165) is 33.6 Å². The summed E-state index contributed by atoms with van der Waals surface area (Å²) in [5.41, 5.74) is 9.28. The maximum absolute atomic E-state index is 7.74. The maximum atomic E-state index is 7.74. The minimum atomic E-state index is -2.13. The molecule has 0 aliphatic carbocycles. The molecule has 0 amide bonds. The highest BCUT2D eigenvalue weighted by Crippen LogP contribution is 2.35. The largest absolute Gasteiger partial charge is 0.309 e. The summed E-state index contributed by atoms with van der Waals surface area (Å²) in [4.78, 5) is 0. The van der Waals surface area contributed by atoms with Crippen LogP contribution in [-0.2, 0) is 7.05 Å². The zero-order valence-corrected chi connectivity index (χ0v) is 19.3. The van der Waals surface area contributed by atoms with Crippen LogP contribution in [0.15, 0.2) is 109 Å². The second kappa shape index (κ2) is 8.00. The van der Waals surface area contributed by atoms with E-state index in [0.29, 0.717) is 5.56 Å². The Morgan fingerprint density at radius 1 is 0.706 bits per heavy atom. The Hall–Kier alpha value is -4.17. The standard InChI is InChI=1S/C32H27N2/c1-22-13-18-30(33(3)21-22)29-19-24(15-14-23(29)2)25-16-17-28-27-11-7-8-12-31(27)34(32(28)20-25)26-9-5-4-6-10-26/h4-21H,1-3H3/q+1/i1D3. The molecule has 6 rings (SSSR count). The Balaban J connectivity index is 1.52. The normalized spacial score (nSPS) is 13.1. The summed E-state index contributed by atoms with van der Waals surface area (Å²) >= 11 is 0. The molecule has 0 saturated heterocycles. The predicted octanol–water partition coefficient (Wildman–Crippen LogP) is 7.56. The summed E-state index contributed by atoms with van der Waals surface area (Å²) in [5, 5.41) is 2.46. The van der Waals surface area contributed by atoms with E-state index in [1.807, 2.05) is 23.7 Å². The summed E-state index contributed by atoms with van der Waals surface area (Å²) in [7, 11) is 1.90. The lowest BCUT2D eigenvalue weighted by Crippen LogP contribution is -2.31. The number of pyridine rings is 1. The van der Waals surface area contributed by atoms with Crippen LogP contribution in [0.1, 0.15) is 15.2 Å². The second-order valence-corrected chi connectivity index (χ2v) is 8.86. The highest BCUT2D eigenvalue weighted by molar-refractivity contribution is 6.10. The molecule has 0 N–H and O–H groups in total. The first-order valence-electron chi connectivity index (χ1n) is 13.0. The van der Waals surface area contributed by atoms with E-state index in [2.05, 4.69) is 96.4 Å².